The average Bonchev–Trinajstić information content (AvgIpc) is 3.37. The van der Waals surface area contributed by atoms with Crippen molar-refractivity contribution in [1.82, 2.24) is 29.9 Å². The Labute approximate surface area is 201 Å². The van der Waals surface area contributed by atoms with Crippen molar-refractivity contribution >= 4 is 33.7 Å². The number of hydrogen-bond donors (Lipinski definition) is 0. The van der Waals surface area contributed by atoms with Gasteiger partial charge in [-0.1, -0.05) is 41.6 Å². The zero-order chi connectivity index (χ0) is 23.8. The fraction of sp³-hybridized carbons (Fsp3) is 0.192. The molecule has 9 heteroatoms. The first-order chi connectivity index (χ1) is 17.2. The second-order valence-electron chi connectivity index (χ2n) is 8.37. The molecule has 6 rings (SSSR count). The molecule has 1 aliphatic heterocycles. The number of methoxy groups -OCH3 is 1. The van der Waals surface area contributed by atoms with Crippen molar-refractivity contribution < 1.29 is 9.53 Å². The minimum Gasteiger partial charge on any atom is -0.497 e. The number of carbonyl (C=O) groups is 1. The van der Waals surface area contributed by atoms with Crippen LogP contribution in [0.3, 0.4) is 0 Å². The van der Waals surface area contributed by atoms with Crippen LogP contribution in [0.5, 0.6) is 5.75 Å². The molecule has 0 aliphatic carbocycles. The van der Waals surface area contributed by atoms with Gasteiger partial charge < -0.3 is 14.5 Å². The van der Waals surface area contributed by atoms with Gasteiger partial charge in [0.1, 0.15) is 12.1 Å². The number of anilines is 1. The number of rotatable bonds is 4. The summed E-state index contributed by atoms with van der Waals surface area (Å²) < 4.78 is 6.94. The summed E-state index contributed by atoms with van der Waals surface area (Å²) in [6.45, 7) is 2.50. The SMILES string of the molecule is COc1ccc(-n2nnc3c(N4CCN(C(=O)c5cccc6ccccc56)CC4)ncnc32)cc1. The number of hydrogen-bond acceptors (Lipinski definition) is 7. The number of fused-ring (bicyclic) bond motifs is 2. The van der Waals surface area contributed by atoms with Crippen molar-refractivity contribution in [3.8, 4) is 11.4 Å². The van der Waals surface area contributed by atoms with E-state index in [0.717, 1.165) is 33.6 Å². The number of benzene rings is 3. The number of ether oxygens (including phenoxy) is 1. The van der Waals surface area contributed by atoms with E-state index in [9.17, 15) is 4.79 Å². The molecular weight excluding hydrogens is 442 g/mol. The molecule has 0 radical (unpaired) electrons. The van der Waals surface area contributed by atoms with Crippen molar-refractivity contribution in [3.05, 3.63) is 78.6 Å². The zero-order valence-corrected chi connectivity index (χ0v) is 19.2. The topological polar surface area (TPSA) is 89.3 Å². The predicted octanol–water partition coefficient (Wildman–Crippen LogP) is 3.33. The highest BCUT2D eigenvalue weighted by atomic mass is 16.5. The Morgan fingerprint density at radius 3 is 2.46 bits per heavy atom. The van der Waals surface area contributed by atoms with Crippen LogP contribution >= 0.6 is 0 Å². The third-order valence-electron chi connectivity index (χ3n) is 6.42. The summed E-state index contributed by atoms with van der Waals surface area (Å²) in [6, 6.07) is 21.4. The first kappa shape index (κ1) is 21.0. The van der Waals surface area contributed by atoms with Crippen LogP contribution in [0.1, 0.15) is 10.4 Å². The lowest BCUT2D eigenvalue weighted by Crippen LogP contribution is -2.49. The van der Waals surface area contributed by atoms with Gasteiger partial charge in [-0.05, 0) is 41.1 Å². The molecule has 0 atom stereocenters. The smallest absolute Gasteiger partial charge is 0.254 e. The molecule has 1 saturated heterocycles. The van der Waals surface area contributed by atoms with Crippen LogP contribution in [-0.4, -0.2) is 69.1 Å². The number of piperazine rings is 1. The maximum atomic E-state index is 13.3. The van der Waals surface area contributed by atoms with E-state index in [1.54, 1.807) is 11.8 Å². The zero-order valence-electron chi connectivity index (χ0n) is 19.2. The second kappa shape index (κ2) is 8.68. The van der Waals surface area contributed by atoms with Crippen LogP contribution in [0.2, 0.25) is 0 Å². The van der Waals surface area contributed by atoms with E-state index in [0.29, 0.717) is 37.3 Å². The van der Waals surface area contributed by atoms with E-state index in [4.69, 9.17) is 4.74 Å². The second-order valence-corrected chi connectivity index (χ2v) is 8.37. The molecular formula is C26H23N7O2. The van der Waals surface area contributed by atoms with Crippen LogP contribution in [0.15, 0.2) is 73.1 Å². The molecule has 2 aromatic heterocycles. The maximum Gasteiger partial charge on any atom is 0.254 e. The molecule has 0 bridgehead atoms. The lowest BCUT2D eigenvalue weighted by molar-refractivity contribution is 0.0748. The van der Waals surface area contributed by atoms with E-state index in [1.165, 1.54) is 6.33 Å². The van der Waals surface area contributed by atoms with E-state index >= 15 is 0 Å². The number of aromatic nitrogens is 5. The van der Waals surface area contributed by atoms with Crippen LogP contribution in [-0.2, 0) is 0 Å². The standard InChI is InChI=1S/C26H23N7O2/c1-35-20-11-9-19(10-12-20)33-25-23(29-30-33)24(27-17-28-25)31-13-15-32(16-14-31)26(34)22-8-4-6-18-5-2-3-7-21(18)22/h2-12,17H,13-16H2,1H3. The molecule has 9 nitrogen and oxygen atoms in total. The summed E-state index contributed by atoms with van der Waals surface area (Å²) in [6.07, 6.45) is 1.54. The molecule has 1 aliphatic rings. The number of nitrogens with zero attached hydrogens (tertiary/aromatic N) is 7. The van der Waals surface area contributed by atoms with Crippen LogP contribution in [0, 0.1) is 0 Å². The van der Waals surface area contributed by atoms with Gasteiger partial charge in [0.2, 0.25) is 0 Å². The highest BCUT2D eigenvalue weighted by molar-refractivity contribution is 6.07. The van der Waals surface area contributed by atoms with E-state index < -0.39 is 0 Å². The molecule has 5 aromatic rings. The average molecular weight is 466 g/mol. The van der Waals surface area contributed by atoms with Crippen LogP contribution in [0.25, 0.3) is 27.6 Å². The Morgan fingerprint density at radius 2 is 1.66 bits per heavy atom. The van der Waals surface area contributed by atoms with Gasteiger partial charge in [0.25, 0.3) is 5.91 Å². The van der Waals surface area contributed by atoms with Gasteiger partial charge in [-0.2, -0.15) is 4.68 Å². The van der Waals surface area contributed by atoms with Crippen LogP contribution in [0.4, 0.5) is 5.82 Å². The number of amides is 1. The van der Waals surface area contributed by atoms with Crippen molar-refractivity contribution in [2.24, 2.45) is 0 Å². The summed E-state index contributed by atoms with van der Waals surface area (Å²) in [5, 5.41) is 10.8. The van der Waals surface area contributed by atoms with Crippen LogP contribution < -0.4 is 9.64 Å². The highest BCUT2D eigenvalue weighted by Gasteiger charge is 2.26. The minimum absolute atomic E-state index is 0.0553. The lowest BCUT2D eigenvalue weighted by atomic mass is 10.0. The van der Waals surface area contributed by atoms with Gasteiger partial charge in [0.05, 0.1) is 12.8 Å². The number of carbonyl (C=O) groups excluding carboxylic acids is 1. The highest BCUT2D eigenvalue weighted by Crippen LogP contribution is 2.25. The van der Waals surface area contributed by atoms with E-state index in [2.05, 4.69) is 25.2 Å². The predicted molar refractivity (Wildman–Crippen MR) is 133 cm³/mol. The van der Waals surface area contributed by atoms with Gasteiger partial charge in [0.15, 0.2) is 17.0 Å². The summed E-state index contributed by atoms with van der Waals surface area (Å²) in [5.41, 5.74) is 2.85. The summed E-state index contributed by atoms with van der Waals surface area (Å²) in [4.78, 5) is 26.3. The van der Waals surface area contributed by atoms with Gasteiger partial charge in [-0.15, -0.1) is 5.10 Å². The fourth-order valence-corrected chi connectivity index (χ4v) is 4.57. The molecule has 0 unspecified atom stereocenters. The maximum absolute atomic E-state index is 13.3. The molecule has 1 fully saturated rings. The molecule has 3 heterocycles. The molecule has 0 N–H and O–H groups in total. The minimum atomic E-state index is 0.0553. The van der Waals surface area contributed by atoms with E-state index in [-0.39, 0.29) is 5.91 Å². The Kier molecular flexibility index (Phi) is 5.21. The Hall–Kier alpha value is -4.53. The Bertz CT molecular complexity index is 1520. The molecule has 1 amide bonds. The summed E-state index contributed by atoms with van der Waals surface area (Å²) in [7, 11) is 1.63. The van der Waals surface area contributed by atoms with Gasteiger partial charge in [0, 0.05) is 31.7 Å². The van der Waals surface area contributed by atoms with Gasteiger partial charge in [-0.25, -0.2) is 9.97 Å². The van der Waals surface area contributed by atoms with Crippen molar-refractivity contribution in [3.63, 3.8) is 0 Å². The summed E-state index contributed by atoms with van der Waals surface area (Å²) >= 11 is 0. The first-order valence-corrected chi connectivity index (χ1v) is 11.5. The largest absolute Gasteiger partial charge is 0.497 e. The lowest BCUT2D eigenvalue weighted by Gasteiger charge is -2.35. The normalized spacial score (nSPS) is 14.0. The summed E-state index contributed by atoms with van der Waals surface area (Å²) in [5.74, 6) is 1.55. The third kappa shape index (κ3) is 3.71. The van der Waals surface area contributed by atoms with Crippen molar-refractivity contribution in [2.75, 3.05) is 38.2 Å². The van der Waals surface area contributed by atoms with E-state index in [1.807, 2.05) is 71.6 Å². The molecule has 35 heavy (non-hydrogen) atoms. The quantitative estimate of drug-likeness (QED) is 0.402. The molecule has 0 saturated carbocycles. The first-order valence-electron chi connectivity index (χ1n) is 11.5. The fourth-order valence-electron chi connectivity index (χ4n) is 4.57. The third-order valence-corrected chi connectivity index (χ3v) is 6.42. The monoisotopic (exact) mass is 465 g/mol. The van der Waals surface area contributed by atoms with Gasteiger partial charge in [-0.3, -0.25) is 4.79 Å². The Morgan fingerprint density at radius 1 is 0.886 bits per heavy atom. The molecule has 174 valence electrons. The Balaban J connectivity index is 1.23. The van der Waals surface area contributed by atoms with Gasteiger partial charge >= 0.3 is 0 Å². The molecule has 0 spiro atoms. The van der Waals surface area contributed by atoms with Crippen molar-refractivity contribution in [2.45, 2.75) is 0 Å². The molecule has 3 aromatic carbocycles. The van der Waals surface area contributed by atoms with Crippen molar-refractivity contribution in [1.29, 1.82) is 0 Å².